The lowest BCUT2D eigenvalue weighted by Gasteiger charge is -2.06. The molecule has 1 amide bonds. The number of nitrogens with zero attached hydrogens (tertiary/aromatic N) is 2. The summed E-state index contributed by atoms with van der Waals surface area (Å²) in [7, 11) is 0. The van der Waals surface area contributed by atoms with E-state index in [0.29, 0.717) is 10.8 Å². The zero-order valence-corrected chi connectivity index (χ0v) is 12.8. The van der Waals surface area contributed by atoms with E-state index in [9.17, 15) is 4.79 Å². The van der Waals surface area contributed by atoms with Gasteiger partial charge in [-0.25, -0.2) is 9.97 Å². The van der Waals surface area contributed by atoms with Gasteiger partial charge in [-0.1, -0.05) is 17.7 Å². The third kappa shape index (κ3) is 3.20. The number of fused-ring (bicyclic) bond motifs is 1. The fraction of sp³-hybridized carbons (Fsp3) is 0.133. The molecular weight excluding hydrogens is 306 g/mol. The van der Waals surface area contributed by atoms with Gasteiger partial charge in [-0.05, 0) is 30.5 Å². The molecule has 3 aromatic rings. The molecule has 0 aliphatic carbocycles. The number of nitrogens with one attached hydrogen (secondary N) is 1. The van der Waals surface area contributed by atoms with Crippen LogP contribution >= 0.6 is 22.9 Å². The van der Waals surface area contributed by atoms with Gasteiger partial charge in [-0.2, -0.15) is 0 Å². The van der Waals surface area contributed by atoms with E-state index < -0.39 is 0 Å². The Morgan fingerprint density at radius 1 is 1.38 bits per heavy atom. The number of thiazole rings is 1. The number of pyridine rings is 1. The summed E-state index contributed by atoms with van der Waals surface area (Å²) < 4.78 is 0. The lowest BCUT2D eigenvalue weighted by Crippen LogP contribution is -2.14. The molecule has 0 spiro atoms. The summed E-state index contributed by atoms with van der Waals surface area (Å²) in [6.45, 7) is 1.92. The molecule has 6 heteroatoms. The molecule has 1 N–H and O–H groups in total. The summed E-state index contributed by atoms with van der Waals surface area (Å²) in [5.41, 5.74) is 1.49. The maximum atomic E-state index is 12.0. The lowest BCUT2D eigenvalue weighted by molar-refractivity contribution is -0.115. The summed E-state index contributed by atoms with van der Waals surface area (Å²) in [6, 6.07) is 7.47. The quantitative estimate of drug-likeness (QED) is 0.747. The van der Waals surface area contributed by atoms with E-state index in [4.69, 9.17) is 11.6 Å². The molecule has 21 heavy (non-hydrogen) atoms. The maximum absolute atomic E-state index is 12.0. The van der Waals surface area contributed by atoms with Crippen LogP contribution in [0, 0.1) is 6.92 Å². The van der Waals surface area contributed by atoms with Crippen LogP contribution in [0.5, 0.6) is 0 Å². The van der Waals surface area contributed by atoms with Gasteiger partial charge in [0.1, 0.15) is 5.15 Å². The van der Waals surface area contributed by atoms with Crippen molar-refractivity contribution in [3.63, 3.8) is 0 Å². The molecular formula is C15H12ClN3OS. The second-order valence-electron chi connectivity index (χ2n) is 4.62. The Kier molecular flexibility index (Phi) is 3.86. The largest absolute Gasteiger partial charge is 0.326 e. The highest BCUT2D eigenvalue weighted by Crippen LogP contribution is 2.24. The number of aryl methyl sites for hydroxylation is 1. The van der Waals surface area contributed by atoms with Gasteiger partial charge in [-0.3, -0.25) is 4.79 Å². The number of hydrogen-bond acceptors (Lipinski definition) is 4. The van der Waals surface area contributed by atoms with Crippen molar-refractivity contribution in [2.24, 2.45) is 0 Å². The van der Waals surface area contributed by atoms with Gasteiger partial charge in [0, 0.05) is 22.7 Å². The van der Waals surface area contributed by atoms with Crippen molar-refractivity contribution in [2.75, 3.05) is 5.32 Å². The van der Waals surface area contributed by atoms with Crippen LogP contribution in [-0.4, -0.2) is 15.9 Å². The van der Waals surface area contributed by atoms with Gasteiger partial charge in [0.25, 0.3) is 0 Å². The fourth-order valence-corrected chi connectivity index (χ4v) is 2.90. The monoisotopic (exact) mass is 317 g/mol. The van der Waals surface area contributed by atoms with E-state index in [1.54, 1.807) is 6.20 Å². The number of hydrogen-bond donors (Lipinski definition) is 1. The second kappa shape index (κ2) is 5.79. The molecule has 0 bridgehead atoms. The highest BCUT2D eigenvalue weighted by molar-refractivity contribution is 7.09. The molecule has 0 aliphatic rings. The highest BCUT2D eigenvalue weighted by atomic mass is 35.5. The first-order valence-corrected chi connectivity index (χ1v) is 7.63. The number of carbonyl (C=O) groups is 1. The number of anilines is 1. The normalized spacial score (nSPS) is 10.8. The minimum absolute atomic E-state index is 0.0975. The Bertz CT molecular complexity index is 816. The fourth-order valence-electron chi connectivity index (χ4n) is 2.07. The maximum Gasteiger partial charge on any atom is 0.230 e. The Morgan fingerprint density at radius 2 is 2.24 bits per heavy atom. The third-order valence-electron chi connectivity index (χ3n) is 3.01. The SMILES string of the molecule is Cc1nc(CC(=O)Nc2ccc3ccnc(Cl)c3c2)cs1. The van der Waals surface area contributed by atoms with Crippen molar-refractivity contribution in [2.45, 2.75) is 13.3 Å². The van der Waals surface area contributed by atoms with Crippen LogP contribution in [0.1, 0.15) is 10.7 Å². The van der Waals surface area contributed by atoms with Crippen LogP contribution in [-0.2, 0) is 11.2 Å². The van der Waals surface area contributed by atoms with Crippen LogP contribution in [0.15, 0.2) is 35.8 Å². The number of benzene rings is 1. The van der Waals surface area contributed by atoms with Crippen molar-refractivity contribution >= 4 is 45.3 Å². The molecule has 0 unspecified atom stereocenters. The summed E-state index contributed by atoms with van der Waals surface area (Å²) in [6.07, 6.45) is 1.93. The predicted molar refractivity (Wildman–Crippen MR) is 85.9 cm³/mol. The minimum Gasteiger partial charge on any atom is -0.326 e. The van der Waals surface area contributed by atoms with E-state index in [1.165, 1.54) is 11.3 Å². The topological polar surface area (TPSA) is 54.9 Å². The molecule has 0 radical (unpaired) electrons. The van der Waals surface area contributed by atoms with Crippen LogP contribution < -0.4 is 5.32 Å². The van der Waals surface area contributed by atoms with Crippen molar-refractivity contribution in [1.82, 2.24) is 9.97 Å². The molecule has 0 saturated carbocycles. The average molecular weight is 318 g/mol. The standard InChI is InChI=1S/C15H12ClN3OS/c1-9-18-12(8-21-9)7-14(20)19-11-3-2-10-4-5-17-15(16)13(10)6-11/h2-6,8H,7H2,1H3,(H,19,20). The molecule has 0 aliphatic heterocycles. The molecule has 0 fully saturated rings. The van der Waals surface area contributed by atoms with Crippen LogP contribution in [0.3, 0.4) is 0 Å². The van der Waals surface area contributed by atoms with Gasteiger partial charge in [-0.15, -0.1) is 11.3 Å². The number of carbonyl (C=O) groups excluding carboxylic acids is 1. The Balaban J connectivity index is 1.78. The molecule has 0 atom stereocenters. The van der Waals surface area contributed by atoms with Crippen LogP contribution in [0.25, 0.3) is 10.8 Å². The smallest absolute Gasteiger partial charge is 0.230 e. The van der Waals surface area contributed by atoms with Crippen LogP contribution in [0.2, 0.25) is 5.15 Å². The highest BCUT2D eigenvalue weighted by Gasteiger charge is 2.08. The molecule has 2 heterocycles. The molecule has 2 aromatic heterocycles. The lowest BCUT2D eigenvalue weighted by atomic mass is 10.1. The second-order valence-corrected chi connectivity index (χ2v) is 6.04. The van der Waals surface area contributed by atoms with Crippen molar-refractivity contribution in [3.8, 4) is 0 Å². The molecule has 0 saturated heterocycles. The Hall–Kier alpha value is -1.98. The summed E-state index contributed by atoms with van der Waals surface area (Å²) in [4.78, 5) is 20.3. The van der Waals surface area contributed by atoms with E-state index in [2.05, 4.69) is 15.3 Å². The summed E-state index contributed by atoms with van der Waals surface area (Å²) in [5, 5.41) is 7.96. The zero-order chi connectivity index (χ0) is 14.8. The number of halogens is 1. The number of aromatic nitrogens is 2. The first-order valence-electron chi connectivity index (χ1n) is 6.37. The van der Waals surface area contributed by atoms with E-state index >= 15 is 0 Å². The summed E-state index contributed by atoms with van der Waals surface area (Å²) >= 11 is 7.61. The predicted octanol–water partition coefficient (Wildman–Crippen LogP) is 3.83. The van der Waals surface area contributed by atoms with E-state index in [0.717, 1.165) is 21.5 Å². The van der Waals surface area contributed by atoms with Gasteiger partial charge in [0.15, 0.2) is 0 Å². The van der Waals surface area contributed by atoms with Gasteiger partial charge in [0.2, 0.25) is 5.91 Å². The van der Waals surface area contributed by atoms with E-state index in [-0.39, 0.29) is 12.3 Å². The van der Waals surface area contributed by atoms with Gasteiger partial charge >= 0.3 is 0 Å². The van der Waals surface area contributed by atoms with Crippen LogP contribution in [0.4, 0.5) is 5.69 Å². The molecule has 106 valence electrons. The Morgan fingerprint density at radius 3 is 3.00 bits per heavy atom. The van der Waals surface area contributed by atoms with Gasteiger partial charge < -0.3 is 5.32 Å². The minimum atomic E-state index is -0.0975. The number of rotatable bonds is 3. The number of amides is 1. The molecule has 1 aromatic carbocycles. The van der Waals surface area contributed by atoms with Gasteiger partial charge in [0.05, 0.1) is 17.1 Å². The molecule has 3 rings (SSSR count). The van der Waals surface area contributed by atoms with E-state index in [1.807, 2.05) is 36.6 Å². The zero-order valence-electron chi connectivity index (χ0n) is 11.3. The average Bonchev–Trinajstić information content (AvgIpc) is 2.85. The van der Waals surface area contributed by atoms with Crippen molar-refractivity contribution in [1.29, 1.82) is 0 Å². The van der Waals surface area contributed by atoms with Crippen molar-refractivity contribution in [3.05, 3.63) is 51.7 Å². The first-order chi connectivity index (χ1) is 10.1. The first kappa shape index (κ1) is 14.0. The Labute approximate surface area is 130 Å². The molecule has 4 nitrogen and oxygen atoms in total. The third-order valence-corrected chi connectivity index (χ3v) is 4.13. The van der Waals surface area contributed by atoms with Crippen molar-refractivity contribution < 1.29 is 4.79 Å². The summed E-state index contributed by atoms with van der Waals surface area (Å²) in [5.74, 6) is -0.0975.